The Morgan fingerprint density at radius 1 is 1.44 bits per heavy atom. The second-order valence-corrected chi connectivity index (χ2v) is 5.17. The van der Waals surface area contributed by atoms with Gasteiger partial charge in [-0.05, 0) is 47.3 Å². The van der Waals surface area contributed by atoms with E-state index >= 15 is 0 Å². The van der Waals surface area contributed by atoms with Crippen LogP contribution in [0.4, 0.5) is 8.78 Å². The van der Waals surface area contributed by atoms with Gasteiger partial charge in [0.05, 0.1) is 16.1 Å². The summed E-state index contributed by atoms with van der Waals surface area (Å²) in [5, 5.41) is 0. The van der Waals surface area contributed by atoms with E-state index in [4.69, 9.17) is 4.74 Å². The molecule has 18 heavy (non-hydrogen) atoms. The molecule has 0 bridgehead atoms. The van der Waals surface area contributed by atoms with Crippen molar-refractivity contribution in [1.82, 2.24) is 0 Å². The Morgan fingerprint density at radius 3 is 2.89 bits per heavy atom. The van der Waals surface area contributed by atoms with Gasteiger partial charge in [-0.15, -0.1) is 0 Å². The first-order valence-electron chi connectivity index (χ1n) is 5.88. The van der Waals surface area contributed by atoms with Crippen molar-refractivity contribution in [3.05, 3.63) is 33.8 Å². The minimum atomic E-state index is -0.827. The van der Waals surface area contributed by atoms with E-state index in [0.717, 1.165) is 18.9 Å². The minimum absolute atomic E-state index is 0.0484. The van der Waals surface area contributed by atoms with Crippen LogP contribution in [0.25, 0.3) is 0 Å². The highest BCUT2D eigenvalue weighted by Gasteiger charge is 2.22. The lowest BCUT2D eigenvalue weighted by Crippen LogP contribution is -2.11. The summed E-state index contributed by atoms with van der Waals surface area (Å²) < 4.78 is 32.6. The van der Waals surface area contributed by atoms with Crippen LogP contribution in [0.2, 0.25) is 0 Å². The molecular weight excluding hydrogens is 306 g/mol. The molecule has 5 heteroatoms. The van der Waals surface area contributed by atoms with E-state index in [2.05, 4.69) is 15.9 Å². The number of hydrogen-bond donors (Lipinski definition) is 0. The van der Waals surface area contributed by atoms with Gasteiger partial charge in [0, 0.05) is 13.0 Å². The summed E-state index contributed by atoms with van der Waals surface area (Å²) in [5.41, 5.74) is -0.456. The molecule has 1 aliphatic rings. The molecule has 1 saturated heterocycles. The summed E-state index contributed by atoms with van der Waals surface area (Å²) >= 11 is 2.95. The van der Waals surface area contributed by atoms with Gasteiger partial charge in [0.25, 0.3) is 0 Å². The molecule has 1 heterocycles. The quantitative estimate of drug-likeness (QED) is 0.622. The van der Waals surface area contributed by atoms with Gasteiger partial charge >= 0.3 is 0 Å². The van der Waals surface area contributed by atoms with Gasteiger partial charge in [0.15, 0.2) is 11.6 Å². The molecule has 0 saturated carbocycles. The van der Waals surface area contributed by atoms with Crippen molar-refractivity contribution < 1.29 is 18.3 Å². The maximum absolute atomic E-state index is 13.7. The lowest BCUT2D eigenvalue weighted by molar-refractivity contribution is 0.0853. The summed E-state index contributed by atoms with van der Waals surface area (Å²) in [7, 11) is 0. The predicted octanol–water partition coefficient (Wildman–Crippen LogP) is 3.87. The van der Waals surface area contributed by atoms with Gasteiger partial charge in [-0.3, -0.25) is 4.79 Å². The third-order valence-corrected chi connectivity index (χ3v) is 3.65. The van der Waals surface area contributed by atoms with E-state index in [-0.39, 0.29) is 17.0 Å². The molecule has 1 atom stereocenters. The highest BCUT2D eigenvalue weighted by atomic mass is 79.9. The molecule has 0 spiro atoms. The molecule has 2 rings (SSSR count). The second kappa shape index (κ2) is 5.89. The highest BCUT2D eigenvalue weighted by Crippen LogP contribution is 2.24. The van der Waals surface area contributed by atoms with Crippen LogP contribution in [0.3, 0.4) is 0 Å². The molecule has 1 aromatic carbocycles. The standard InChI is InChI=1S/C13H13BrF2O2/c14-9-4-5-10(15)12(13(9)16)11(17)6-3-8-2-1-7-18-8/h4-5,8H,1-3,6-7H2. The van der Waals surface area contributed by atoms with Crippen molar-refractivity contribution in [3.8, 4) is 0 Å². The van der Waals surface area contributed by atoms with Crippen molar-refractivity contribution in [2.75, 3.05) is 6.61 Å². The molecule has 0 radical (unpaired) electrons. The number of halogens is 3. The third-order valence-electron chi connectivity index (χ3n) is 3.04. The largest absolute Gasteiger partial charge is 0.378 e. The summed E-state index contributed by atoms with van der Waals surface area (Å²) in [6.45, 7) is 0.707. The number of benzene rings is 1. The van der Waals surface area contributed by atoms with Crippen molar-refractivity contribution >= 4 is 21.7 Å². The smallest absolute Gasteiger partial charge is 0.168 e. The zero-order chi connectivity index (χ0) is 13.1. The van der Waals surface area contributed by atoms with E-state index in [9.17, 15) is 13.6 Å². The fourth-order valence-corrected chi connectivity index (χ4v) is 2.40. The fourth-order valence-electron chi connectivity index (χ4n) is 2.07. The maximum Gasteiger partial charge on any atom is 0.168 e. The van der Waals surface area contributed by atoms with Gasteiger partial charge < -0.3 is 4.74 Å². The first-order chi connectivity index (χ1) is 8.59. The number of carbonyl (C=O) groups is 1. The molecule has 1 aliphatic heterocycles. The van der Waals surface area contributed by atoms with E-state index in [1.165, 1.54) is 6.07 Å². The topological polar surface area (TPSA) is 26.3 Å². The third kappa shape index (κ3) is 2.95. The molecule has 0 aliphatic carbocycles. The zero-order valence-electron chi connectivity index (χ0n) is 9.72. The van der Waals surface area contributed by atoms with Crippen LogP contribution in [0.5, 0.6) is 0 Å². The average molecular weight is 319 g/mol. The second-order valence-electron chi connectivity index (χ2n) is 4.32. The predicted molar refractivity (Wildman–Crippen MR) is 66.6 cm³/mol. The number of hydrogen-bond acceptors (Lipinski definition) is 2. The number of rotatable bonds is 4. The first kappa shape index (κ1) is 13.6. The van der Waals surface area contributed by atoms with Crippen LogP contribution in [0, 0.1) is 11.6 Å². The molecule has 1 fully saturated rings. The molecule has 1 unspecified atom stereocenters. The molecule has 0 aromatic heterocycles. The monoisotopic (exact) mass is 318 g/mol. The molecule has 0 N–H and O–H groups in total. The van der Waals surface area contributed by atoms with Crippen LogP contribution in [0.15, 0.2) is 16.6 Å². The summed E-state index contributed by atoms with van der Waals surface area (Å²) in [5.74, 6) is -2.15. The molecule has 1 aromatic rings. The van der Waals surface area contributed by atoms with Crippen LogP contribution < -0.4 is 0 Å². The van der Waals surface area contributed by atoms with Gasteiger partial charge in [0.1, 0.15) is 5.82 Å². The zero-order valence-corrected chi connectivity index (χ0v) is 11.3. The lowest BCUT2D eigenvalue weighted by atomic mass is 10.0. The van der Waals surface area contributed by atoms with Crippen LogP contribution in [0.1, 0.15) is 36.0 Å². The summed E-state index contributed by atoms with van der Waals surface area (Å²) in [4.78, 5) is 11.8. The number of carbonyl (C=O) groups excluding carboxylic acids is 1. The van der Waals surface area contributed by atoms with Gasteiger partial charge in [-0.2, -0.15) is 0 Å². The van der Waals surface area contributed by atoms with Gasteiger partial charge in [-0.1, -0.05) is 0 Å². The average Bonchev–Trinajstić information content (AvgIpc) is 2.85. The maximum atomic E-state index is 13.7. The first-order valence-corrected chi connectivity index (χ1v) is 6.67. The van der Waals surface area contributed by atoms with Crippen molar-refractivity contribution in [2.45, 2.75) is 31.8 Å². The van der Waals surface area contributed by atoms with Crippen molar-refractivity contribution in [3.63, 3.8) is 0 Å². The fraction of sp³-hybridized carbons (Fsp3) is 0.462. The van der Waals surface area contributed by atoms with E-state index in [1.54, 1.807) is 0 Å². The van der Waals surface area contributed by atoms with Crippen LogP contribution in [-0.2, 0) is 4.74 Å². The molecule has 98 valence electrons. The molecule has 2 nitrogen and oxygen atoms in total. The van der Waals surface area contributed by atoms with Crippen LogP contribution >= 0.6 is 15.9 Å². The Kier molecular flexibility index (Phi) is 4.45. The Hall–Kier alpha value is -0.810. The number of ketones is 1. The Morgan fingerprint density at radius 2 is 2.22 bits per heavy atom. The normalized spacial score (nSPS) is 19.2. The van der Waals surface area contributed by atoms with E-state index in [1.807, 2.05) is 0 Å². The number of Topliss-reactive ketones (excluding diaryl/α,β-unsaturated/α-hetero) is 1. The highest BCUT2D eigenvalue weighted by molar-refractivity contribution is 9.10. The summed E-state index contributed by atoms with van der Waals surface area (Å²) in [6, 6.07) is 2.34. The van der Waals surface area contributed by atoms with Gasteiger partial charge in [0.2, 0.25) is 0 Å². The Balaban J connectivity index is 2.06. The van der Waals surface area contributed by atoms with E-state index < -0.39 is 23.0 Å². The van der Waals surface area contributed by atoms with Gasteiger partial charge in [-0.25, -0.2) is 8.78 Å². The minimum Gasteiger partial charge on any atom is -0.378 e. The van der Waals surface area contributed by atoms with Crippen molar-refractivity contribution in [2.24, 2.45) is 0 Å². The Labute approximate surface area is 112 Å². The van der Waals surface area contributed by atoms with Crippen LogP contribution in [-0.4, -0.2) is 18.5 Å². The SMILES string of the molecule is O=C(CCC1CCCO1)c1c(F)ccc(Br)c1F. The van der Waals surface area contributed by atoms with Crippen molar-refractivity contribution in [1.29, 1.82) is 0 Å². The number of ether oxygens (including phenoxy) is 1. The molecule has 0 amide bonds. The van der Waals surface area contributed by atoms with E-state index in [0.29, 0.717) is 13.0 Å². The Bertz CT molecular complexity index is 457. The lowest BCUT2D eigenvalue weighted by Gasteiger charge is -2.09. The summed E-state index contributed by atoms with van der Waals surface area (Å²) in [6.07, 6.45) is 2.57. The molecular formula is C13H13BrF2O2.